The molecule has 4 heterocycles. The summed E-state index contributed by atoms with van der Waals surface area (Å²) in [6.45, 7) is 3.39. The van der Waals surface area contributed by atoms with Gasteiger partial charge >= 0.3 is 0 Å². The van der Waals surface area contributed by atoms with Gasteiger partial charge < -0.3 is 19.1 Å². The molecule has 2 fully saturated rings. The van der Waals surface area contributed by atoms with E-state index in [1.807, 2.05) is 35.2 Å². The molecule has 0 bridgehead atoms. The fraction of sp³-hybridized carbons (Fsp3) is 0.360. The van der Waals surface area contributed by atoms with E-state index in [-0.39, 0.29) is 23.3 Å². The molecule has 2 saturated heterocycles. The van der Waals surface area contributed by atoms with Gasteiger partial charge in [-0.05, 0) is 24.6 Å². The summed E-state index contributed by atoms with van der Waals surface area (Å²) in [7, 11) is 1.64. The van der Waals surface area contributed by atoms with Gasteiger partial charge in [0.2, 0.25) is 5.56 Å². The fourth-order valence-electron chi connectivity index (χ4n) is 4.61. The molecule has 2 aromatic heterocycles. The maximum Gasteiger partial charge on any atom is 0.255 e. The SMILES string of the molecule is Cn1cc(C(=O)N2CCC(c3cc(C(=O)N4CCOCC4)c4ccccc4n3)C2)ccc1=O. The number of fused-ring (bicyclic) bond motifs is 1. The van der Waals surface area contributed by atoms with Gasteiger partial charge in [-0.25, -0.2) is 0 Å². The molecule has 33 heavy (non-hydrogen) atoms. The Bertz CT molecular complexity index is 1280. The molecular formula is C25H26N4O4. The molecule has 0 radical (unpaired) electrons. The molecule has 1 atom stereocenters. The predicted molar refractivity (Wildman–Crippen MR) is 123 cm³/mol. The Balaban J connectivity index is 1.43. The monoisotopic (exact) mass is 446 g/mol. The Morgan fingerprint density at radius 1 is 1.00 bits per heavy atom. The average molecular weight is 447 g/mol. The number of carbonyl (C=O) groups is 2. The first kappa shape index (κ1) is 21.3. The summed E-state index contributed by atoms with van der Waals surface area (Å²) in [5.41, 5.74) is 2.62. The number of morpholine rings is 1. The number of para-hydroxylation sites is 1. The van der Waals surface area contributed by atoms with E-state index in [0.29, 0.717) is 50.5 Å². The topological polar surface area (TPSA) is 84.7 Å². The lowest BCUT2D eigenvalue weighted by molar-refractivity contribution is 0.0304. The summed E-state index contributed by atoms with van der Waals surface area (Å²) in [6, 6.07) is 12.6. The van der Waals surface area contributed by atoms with Gasteiger partial charge in [0.1, 0.15) is 0 Å². The van der Waals surface area contributed by atoms with Crippen molar-refractivity contribution in [1.29, 1.82) is 0 Å². The minimum absolute atomic E-state index is 0.00529. The number of amides is 2. The van der Waals surface area contributed by atoms with Crippen molar-refractivity contribution in [3.8, 4) is 0 Å². The van der Waals surface area contributed by atoms with Gasteiger partial charge in [0, 0.05) is 62.5 Å². The van der Waals surface area contributed by atoms with Crippen molar-refractivity contribution >= 4 is 22.7 Å². The van der Waals surface area contributed by atoms with Crippen LogP contribution < -0.4 is 5.56 Å². The fourth-order valence-corrected chi connectivity index (χ4v) is 4.61. The van der Waals surface area contributed by atoms with Crippen LogP contribution in [0.4, 0.5) is 0 Å². The van der Waals surface area contributed by atoms with Crippen LogP contribution >= 0.6 is 0 Å². The van der Waals surface area contributed by atoms with E-state index in [4.69, 9.17) is 9.72 Å². The van der Waals surface area contributed by atoms with Gasteiger partial charge in [0.25, 0.3) is 11.8 Å². The molecular weight excluding hydrogens is 420 g/mol. The van der Waals surface area contributed by atoms with Gasteiger partial charge in [0.15, 0.2) is 0 Å². The van der Waals surface area contributed by atoms with Gasteiger partial charge in [-0.2, -0.15) is 0 Å². The smallest absolute Gasteiger partial charge is 0.255 e. The summed E-state index contributed by atoms with van der Waals surface area (Å²) in [6.07, 6.45) is 2.35. The van der Waals surface area contributed by atoms with E-state index in [9.17, 15) is 14.4 Å². The third-order valence-corrected chi connectivity index (χ3v) is 6.49. The number of pyridine rings is 2. The van der Waals surface area contributed by atoms with Crippen LogP contribution in [0.1, 0.15) is 38.7 Å². The maximum atomic E-state index is 13.3. The van der Waals surface area contributed by atoms with E-state index in [0.717, 1.165) is 23.0 Å². The number of hydrogen-bond donors (Lipinski definition) is 0. The highest BCUT2D eigenvalue weighted by Crippen LogP contribution is 2.30. The molecule has 1 aromatic carbocycles. The van der Waals surface area contributed by atoms with Crippen molar-refractivity contribution in [2.75, 3.05) is 39.4 Å². The number of aryl methyl sites for hydroxylation is 1. The van der Waals surface area contributed by atoms with E-state index in [1.54, 1.807) is 24.2 Å². The standard InChI is InChI=1S/C25H26N4O4/c1-27-15-18(6-7-23(27)30)24(31)29-9-8-17(16-29)22-14-20(19-4-2-3-5-21(19)26-22)25(32)28-10-12-33-13-11-28/h2-7,14-15,17H,8-13,16H2,1H3. The highest BCUT2D eigenvalue weighted by molar-refractivity contribution is 6.06. The highest BCUT2D eigenvalue weighted by Gasteiger charge is 2.30. The van der Waals surface area contributed by atoms with Crippen LogP contribution in [0.15, 0.2) is 53.5 Å². The molecule has 2 aliphatic heterocycles. The van der Waals surface area contributed by atoms with Crippen LogP contribution in [-0.4, -0.2) is 70.6 Å². The lowest BCUT2D eigenvalue weighted by atomic mass is 9.99. The normalized spacial score (nSPS) is 18.6. The molecule has 2 aliphatic rings. The zero-order chi connectivity index (χ0) is 22.9. The summed E-state index contributed by atoms with van der Waals surface area (Å²) >= 11 is 0. The van der Waals surface area contributed by atoms with Gasteiger partial charge in [-0.15, -0.1) is 0 Å². The number of ether oxygens (including phenoxy) is 1. The number of carbonyl (C=O) groups excluding carboxylic acids is 2. The molecule has 1 unspecified atom stereocenters. The highest BCUT2D eigenvalue weighted by atomic mass is 16.5. The number of nitrogens with zero attached hydrogens (tertiary/aromatic N) is 4. The van der Waals surface area contributed by atoms with Crippen molar-refractivity contribution in [2.24, 2.45) is 7.05 Å². The zero-order valence-electron chi connectivity index (χ0n) is 18.6. The number of hydrogen-bond acceptors (Lipinski definition) is 5. The van der Waals surface area contributed by atoms with Crippen LogP contribution in [0.3, 0.4) is 0 Å². The van der Waals surface area contributed by atoms with Crippen molar-refractivity contribution < 1.29 is 14.3 Å². The Morgan fingerprint density at radius 3 is 2.58 bits per heavy atom. The summed E-state index contributed by atoms with van der Waals surface area (Å²) in [4.78, 5) is 46.5. The maximum absolute atomic E-state index is 13.3. The molecule has 0 aliphatic carbocycles. The van der Waals surface area contributed by atoms with Gasteiger partial charge in [-0.1, -0.05) is 18.2 Å². The summed E-state index contributed by atoms with van der Waals surface area (Å²) < 4.78 is 6.81. The number of aromatic nitrogens is 2. The van der Waals surface area contributed by atoms with E-state index >= 15 is 0 Å². The largest absolute Gasteiger partial charge is 0.378 e. The van der Waals surface area contributed by atoms with Crippen LogP contribution in [-0.2, 0) is 11.8 Å². The Labute approximate surface area is 191 Å². The third kappa shape index (κ3) is 4.14. The van der Waals surface area contributed by atoms with Crippen LogP contribution in [0.25, 0.3) is 10.9 Å². The van der Waals surface area contributed by atoms with Crippen molar-refractivity contribution in [3.05, 3.63) is 75.8 Å². The molecule has 3 aromatic rings. The molecule has 0 saturated carbocycles. The zero-order valence-corrected chi connectivity index (χ0v) is 18.6. The van der Waals surface area contributed by atoms with E-state index in [1.165, 1.54) is 10.6 Å². The molecule has 8 nitrogen and oxygen atoms in total. The second-order valence-corrected chi connectivity index (χ2v) is 8.62. The molecule has 8 heteroatoms. The van der Waals surface area contributed by atoms with Crippen molar-refractivity contribution in [3.63, 3.8) is 0 Å². The molecule has 0 N–H and O–H groups in total. The van der Waals surface area contributed by atoms with Gasteiger partial charge in [-0.3, -0.25) is 19.4 Å². The quantitative estimate of drug-likeness (QED) is 0.615. The Morgan fingerprint density at radius 2 is 1.79 bits per heavy atom. The van der Waals surface area contributed by atoms with E-state index < -0.39 is 0 Å². The Hall–Kier alpha value is -3.52. The first-order valence-corrected chi connectivity index (χ1v) is 11.2. The molecule has 170 valence electrons. The predicted octanol–water partition coefficient (Wildman–Crippen LogP) is 2.04. The van der Waals surface area contributed by atoms with Crippen LogP contribution in [0, 0.1) is 0 Å². The first-order chi connectivity index (χ1) is 16.0. The summed E-state index contributed by atoms with van der Waals surface area (Å²) in [5, 5.41) is 0.842. The summed E-state index contributed by atoms with van der Waals surface area (Å²) in [5.74, 6) is -0.0601. The minimum Gasteiger partial charge on any atom is -0.378 e. The first-order valence-electron chi connectivity index (χ1n) is 11.2. The van der Waals surface area contributed by atoms with Crippen molar-refractivity contribution in [2.45, 2.75) is 12.3 Å². The van der Waals surface area contributed by atoms with Gasteiger partial charge in [0.05, 0.1) is 29.9 Å². The number of likely N-dealkylation sites (tertiary alicyclic amines) is 1. The average Bonchev–Trinajstić information content (AvgIpc) is 3.35. The number of benzene rings is 1. The third-order valence-electron chi connectivity index (χ3n) is 6.49. The second kappa shape index (κ2) is 8.78. The van der Waals surface area contributed by atoms with E-state index in [2.05, 4.69) is 0 Å². The molecule has 0 spiro atoms. The van der Waals surface area contributed by atoms with Crippen LogP contribution in [0.5, 0.6) is 0 Å². The van der Waals surface area contributed by atoms with Crippen molar-refractivity contribution in [1.82, 2.24) is 19.4 Å². The molecule has 2 amide bonds. The number of rotatable bonds is 3. The molecule has 5 rings (SSSR count). The minimum atomic E-state index is -0.149. The van der Waals surface area contributed by atoms with Crippen LogP contribution in [0.2, 0.25) is 0 Å². The lowest BCUT2D eigenvalue weighted by Crippen LogP contribution is -2.40. The second-order valence-electron chi connectivity index (χ2n) is 8.62. The Kier molecular flexibility index (Phi) is 5.68. The lowest BCUT2D eigenvalue weighted by Gasteiger charge is -2.27.